The van der Waals surface area contributed by atoms with Crippen molar-refractivity contribution in [2.24, 2.45) is 0 Å². The van der Waals surface area contributed by atoms with Crippen molar-refractivity contribution in [3.63, 3.8) is 0 Å². The molecular weight excluding hydrogens is 362 g/mol. The van der Waals surface area contributed by atoms with Gasteiger partial charge in [-0.25, -0.2) is 4.79 Å². The van der Waals surface area contributed by atoms with Gasteiger partial charge in [0.15, 0.2) is 0 Å². The normalized spacial score (nSPS) is 19.6. The summed E-state index contributed by atoms with van der Waals surface area (Å²) in [7, 11) is 0. The van der Waals surface area contributed by atoms with Crippen molar-refractivity contribution >= 4 is 40.5 Å². The Morgan fingerprint density at radius 3 is 2.67 bits per heavy atom. The second-order valence-corrected chi connectivity index (χ2v) is 7.23. The molecule has 2 heterocycles. The maximum atomic E-state index is 12.1. The Morgan fingerprint density at radius 1 is 1.33 bits per heavy atom. The molecule has 0 aromatic heterocycles. The van der Waals surface area contributed by atoms with Crippen LogP contribution < -0.4 is 10.2 Å². The molecule has 1 atom stereocenters. The highest BCUT2D eigenvalue weighted by Crippen LogP contribution is 2.28. The zero-order valence-electron chi connectivity index (χ0n) is 15.7. The van der Waals surface area contributed by atoms with Gasteiger partial charge in [-0.05, 0) is 36.1 Å². The third-order valence-corrected chi connectivity index (χ3v) is 5.48. The second-order valence-electron chi connectivity index (χ2n) is 6.76. The summed E-state index contributed by atoms with van der Waals surface area (Å²) in [6.07, 6.45) is 3.71. The van der Waals surface area contributed by atoms with Crippen LogP contribution in [0.4, 0.5) is 10.5 Å². The first-order valence-electron chi connectivity index (χ1n) is 9.27. The number of rotatable bonds is 5. The number of benzene rings is 1. The largest absolute Gasteiger partial charge is 0.447 e. The third kappa shape index (κ3) is 4.47. The fourth-order valence-electron chi connectivity index (χ4n) is 3.41. The van der Waals surface area contributed by atoms with Gasteiger partial charge in [-0.15, -0.1) is 0 Å². The van der Waals surface area contributed by atoms with E-state index in [0.29, 0.717) is 6.54 Å². The van der Waals surface area contributed by atoms with Crippen LogP contribution in [-0.4, -0.2) is 54.2 Å². The molecule has 6 nitrogen and oxygen atoms in total. The standard InChI is InChI=1S/C20H25N3O3S/c1-3-19(27)22-10-8-16(9-11-22)15-4-6-17(7-5-15)23-18(12-21-14(2)24)13-26-20(23)25/h4-8,18H,3,9-13H2,1-2H3,(H,21,24). The van der Waals surface area contributed by atoms with Gasteiger partial charge < -0.3 is 15.0 Å². The maximum Gasteiger partial charge on any atom is 0.414 e. The Labute approximate surface area is 165 Å². The number of anilines is 1. The van der Waals surface area contributed by atoms with Crippen LogP contribution in [0.25, 0.3) is 5.57 Å². The Kier molecular flexibility index (Phi) is 6.11. The van der Waals surface area contributed by atoms with Crippen molar-refractivity contribution in [1.29, 1.82) is 0 Å². The fourth-order valence-corrected chi connectivity index (χ4v) is 3.57. The van der Waals surface area contributed by atoms with E-state index >= 15 is 0 Å². The van der Waals surface area contributed by atoms with Crippen LogP contribution in [0.1, 0.15) is 32.3 Å². The maximum absolute atomic E-state index is 12.1. The van der Waals surface area contributed by atoms with Gasteiger partial charge in [-0.3, -0.25) is 9.69 Å². The number of nitrogens with zero attached hydrogens (tertiary/aromatic N) is 2. The molecule has 0 bridgehead atoms. The molecular formula is C20H25N3O3S. The summed E-state index contributed by atoms with van der Waals surface area (Å²) < 4.78 is 5.16. The van der Waals surface area contributed by atoms with Gasteiger partial charge in [0.25, 0.3) is 0 Å². The topological polar surface area (TPSA) is 61.9 Å². The predicted molar refractivity (Wildman–Crippen MR) is 110 cm³/mol. The van der Waals surface area contributed by atoms with Gasteiger partial charge >= 0.3 is 6.09 Å². The summed E-state index contributed by atoms with van der Waals surface area (Å²) in [5.41, 5.74) is 3.24. The van der Waals surface area contributed by atoms with Crippen molar-refractivity contribution in [3.05, 3.63) is 35.9 Å². The molecule has 7 heteroatoms. The van der Waals surface area contributed by atoms with Gasteiger partial charge in [0.2, 0.25) is 5.91 Å². The van der Waals surface area contributed by atoms with E-state index in [2.05, 4.69) is 23.2 Å². The average Bonchev–Trinajstić information content (AvgIpc) is 3.06. The third-order valence-electron chi connectivity index (χ3n) is 4.93. The van der Waals surface area contributed by atoms with Crippen molar-refractivity contribution in [2.45, 2.75) is 32.7 Å². The van der Waals surface area contributed by atoms with Crippen molar-refractivity contribution in [2.75, 3.05) is 31.1 Å². The van der Waals surface area contributed by atoms with Crippen LogP contribution in [0, 0.1) is 0 Å². The van der Waals surface area contributed by atoms with Gasteiger partial charge in [-0.2, -0.15) is 0 Å². The fraction of sp³-hybridized carbons (Fsp3) is 0.450. The highest BCUT2D eigenvalue weighted by molar-refractivity contribution is 7.80. The highest BCUT2D eigenvalue weighted by Gasteiger charge is 2.34. The van der Waals surface area contributed by atoms with Crippen LogP contribution in [-0.2, 0) is 9.53 Å². The summed E-state index contributed by atoms with van der Waals surface area (Å²) in [5.74, 6) is -0.120. The first-order valence-corrected chi connectivity index (χ1v) is 9.68. The number of hydrogen-bond acceptors (Lipinski definition) is 4. The zero-order valence-corrected chi connectivity index (χ0v) is 16.6. The molecule has 1 unspecified atom stereocenters. The second kappa shape index (κ2) is 8.52. The van der Waals surface area contributed by atoms with Crippen LogP contribution in [0.3, 0.4) is 0 Å². The van der Waals surface area contributed by atoms with Crippen LogP contribution >= 0.6 is 12.2 Å². The van der Waals surface area contributed by atoms with E-state index in [1.54, 1.807) is 4.90 Å². The molecule has 3 rings (SSSR count). The van der Waals surface area contributed by atoms with Crippen LogP contribution in [0.5, 0.6) is 0 Å². The van der Waals surface area contributed by atoms with E-state index in [9.17, 15) is 9.59 Å². The number of carbonyl (C=O) groups is 2. The number of nitrogens with one attached hydrogen (secondary N) is 1. The summed E-state index contributed by atoms with van der Waals surface area (Å²) in [4.78, 5) is 28.1. The van der Waals surface area contributed by atoms with E-state index in [1.807, 2.05) is 24.3 Å². The molecule has 1 aromatic carbocycles. The van der Waals surface area contributed by atoms with Gasteiger partial charge in [0.1, 0.15) is 6.61 Å². The highest BCUT2D eigenvalue weighted by atomic mass is 32.1. The molecule has 27 heavy (non-hydrogen) atoms. The minimum Gasteiger partial charge on any atom is -0.447 e. The first-order chi connectivity index (χ1) is 13.0. The molecule has 144 valence electrons. The summed E-state index contributed by atoms with van der Waals surface area (Å²) >= 11 is 5.39. The van der Waals surface area contributed by atoms with E-state index < -0.39 is 0 Å². The molecule has 0 spiro atoms. The van der Waals surface area contributed by atoms with Crippen molar-refractivity contribution in [3.8, 4) is 0 Å². The summed E-state index contributed by atoms with van der Waals surface area (Å²) in [6, 6.07) is 7.76. The smallest absolute Gasteiger partial charge is 0.414 e. The molecule has 1 N–H and O–H groups in total. The molecule has 2 amide bonds. The van der Waals surface area contributed by atoms with Gasteiger partial charge in [0.05, 0.1) is 11.0 Å². The first kappa shape index (κ1) is 19.4. The van der Waals surface area contributed by atoms with Gasteiger partial charge in [-0.1, -0.05) is 37.4 Å². The van der Waals surface area contributed by atoms with Crippen molar-refractivity contribution < 1.29 is 14.3 Å². The molecule has 0 saturated carbocycles. The molecule has 0 aliphatic carbocycles. The zero-order chi connectivity index (χ0) is 19.4. The lowest BCUT2D eigenvalue weighted by Crippen LogP contribution is -2.42. The van der Waals surface area contributed by atoms with Crippen molar-refractivity contribution in [1.82, 2.24) is 10.2 Å². The molecule has 2 aliphatic heterocycles. The number of hydrogen-bond donors (Lipinski definition) is 1. The Balaban J connectivity index is 1.69. The monoisotopic (exact) mass is 387 g/mol. The number of cyclic esters (lactones) is 1. The summed E-state index contributed by atoms with van der Waals surface area (Å²) in [6.45, 7) is 5.99. The van der Waals surface area contributed by atoms with Crippen LogP contribution in [0.15, 0.2) is 30.3 Å². The molecule has 0 radical (unpaired) electrons. The van der Waals surface area contributed by atoms with Crippen LogP contribution in [0.2, 0.25) is 0 Å². The molecule has 1 aromatic rings. The number of carbonyl (C=O) groups excluding carboxylic acids is 2. The minimum atomic E-state index is -0.376. The minimum absolute atomic E-state index is 0.120. The molecule has 1 fully saturated rings. The summed E-state index contributed by atoms with van der Waals surface area (Å²) in [5, 5.41) is 2.75. The Bertz CT molecular complexity index is 760. The van der Waals surface area contributed by atoms with E-state index in [4.69, 9.17) is 17.0 Å². The molecule has 2 aliphatic rings. The average molecular weight is 388 g/mol. The lowest BCUT2D eigenvalue weighted by molar-refractivity contribution is -0.119. The molecule has 1 saturated heterocycles. The Morgan fingerprint density at radius 2 is 2.07 bits per heavy atom. The van der Waals surface area contributed by atoms with E-state index in [0.717, 1.165) is 42.2 Å². The number of ether oxygens (including phenoxy) is 1. The van der Waals surface area contributed by atoms with E-state index in [-0.39, 0.29) is 24.6 Å². The predicted octanol–water partition coefficient (Wildman–Crippen LogP) is 2.97. The number of amides is 2. The lowest BCUT2D eigenvalue weighted by atomic mass is 9.99. The SMILES string of the molecule is CCC(=S)N1CC=C(c2ccc(N3C(=O)OCC3CNC(C)=O)cc2)CC1. The number of thiocarbonyl (C=S) groups is 1. The Hall–Kier alpha value is -2.41. The quantitative estimate of drug-likeness (QED) is 0.787. The lowest BCUT2D eigenvalue weighted by Gasteiger charge is -2.28. The van der Waals surface area contributed by atoms with E-state index in [1.165, 1.54) is 12.5 Å². The van der Waals surface area contributed by atoms with Gasteiger partial charge in [0, 0.05) is 32.2 Å².